The average Bonchev–Trinajstić information content (AvgIpc) is 3.15. The van der Waals surface area contributed by atoms with Crippen molar-refractivity contribution in [3.8, 4) is 0 Å². The Morgan fingerprint density at radius 3 is 2.68 bits per heavy atom. The molecular weight excluding hydrogens is 475 g/mol. The number of nitrogens with one attached hydrogen (secondary N) is 2. The first-order chi connectivity index (χ1) is 11.3. The zero-order valence-corrected chi connectivity index (χ0v) is 19.0. The van der Waals surface area contributed by atoms with Gasteiger partial charge in [0, 0.05) is 32.1 Å². The normalized spacial score (nSPS) is 19.1. The summed E-state index contributed by atoms with van der Waals surface area (Å²) in [7, 11) is -1.46. The molecular formula is C14H27IN6O2S2. The molecule has 25 heavy (non-hydrogen) atoms. The van der Waals surface area contributed by atoms with Gasteiger partial charge in [0.05, 0.1) is 12.8 Å². The van der Waals surface area contributed by atoms with Crippen molar-refractivity contribution in [2.45, 2.75) is 45.2 Å². The highest BCUT2D eigenvalue weighted by atomic mass is 127. The van der Waals surface area contributed by atoms with Crippen molar-refractivity contribution in [1.82, 2.24) is 25.1 Å². The fourth-order valence-electron chi connectivity index (χ4n) is 2.62. The van der Waals surface area contributed by atoms with Crippen molar-refractivity contribution >= 4 is 51.3 Å². The highest BCUT2D eigenvalue weighted by molar-refractivity contribution is 14.0. The molecule has 2 rings (SSSR count). The Labute approximate surface area is 171 Å². The highest BCUT2D eigenvalue weighted by Gasteiger charge is 2.31. The van der Waals surface area contributed by atoms with Crippen molar-refractivity contribution in [2.75, 3.05) is 26.4 Å². The van der Waals surface area contributed by atoms with Gasteiger partial charge in [0.25, 0.3) is 0 Å². The number of aliphatic imine (C=N–C) groups is 1. The third kappa shape index (κ3) is 6.61. The second kappa shape index (κ2) is 9.97. The van der Waals surface area contributed by atoms with E-state index in [1.165, 1.54) is 6.26 Å². The fourth-order valence-corrected chi connectivity index (χ4v) is 4.58. The maximum Gasteiger partial charge on any atom is 0.211 e. The maximum absolute atomic E-state index is 11.8. The Morgan fingerprint density at radius 1 is 1.40 bits per heavy atom. The van der Waals surface area contributed by atoms with E-state index in [9.17, 15) is 8.42 Å². The van der Waals surface area contributed by atoms with Crippen LogP contribution in [0.5, 0.6) is 0 Å². The van der Waals surface area contributed by atoms with Crippen LogP contribution in [-0.2, 0) is 16.6 Å². The van der Waals surface area contributed by atoms with Crippen LogP contribution in [0.25, 0.3) is 0 Å². The molecule has 0 saturated carbocycles. The van der Waals surface area contributed by atoms with Crippen molar-refractivity contribution in [3.63, 3.8) is 0 Å². The van der Waals surface area contributed by atoms with Crippen LogP contribution in [0, 0.1) is 0 Å². The van der Waals surface area contributed by atoms with E-state index in [4.69, 9.17) is 0 Å². The van der Waals surface area contributed by atoms with Crippen molar-refractivity contribution in [3.05, 3.63) is 10.0 Å². The minimum atomic E-state index is -3.15. The predicted molar refractivity (Wildman–Crippen MR) is 112 cm³/mol. The molecule has 144 valence electrons. The number of guanidine groups is 1. The molecule has 0 spiro atoms. The van der Waals surface area contributed by atoms with E-state index in [0.717, 1.165) is 22.9 Å². The second-order valence-corrected chi connectivity index (χ2v) is 9.19. The first kappa shape index (κ1) is 22.5. The zero-order chi connectivity index (χ0) is 17.7. The molecule has 0 bridgehead atoms. The largest absolute Gasteiger partial charge is 0.355 e. The Bertz CT molecular complexity index is 677. The molecule has 1 aliphatic rings. The Kier molecular flexibility index (Phi) is 8.98. The molecule has 1 fully saturated rings. The van der Waals surface area contributed by atoms with Crippen molar-refractivity contribution in [2.24, 2.45) is 4.99 Å². The lowest BCUT2D eigenvalue weighted by molar-refractivity contribution is 0.387. The third-order valence-corrected chi connectivity index (χ3v) is 6.42. The van der Waals surface area contributed by atoms with Gasteiger partial charge in [-0.2, -0.15) is 4.31 Å². The van der Waals surface area contributed by atoms with Crippen LogP contribution in [0.1, 0.15) is 42.6 Å². The van der Waals surface area contributed by atoms with Gasteiger partial charge in [0.15, 0.2) is 5.96 Å². The van der Waals surface area contributed by atoms with E-state index in [-0.39, 0.29) is 30.0 Å². The predicted octanol–water partition coefficient (Wildman–Crippen LogP) is 1.37. The van der Waals surface area contributed by atoms with Crippen molar-refractivity contribution in [1.29, 1.82) is 0 Å². The topological polar surface area (TPSA) is 99.6 Å². The Hall–Kier alpha value is -0.530. The molecule has 0 unspecified atom stereocenters. The molecule has 2 heterocycles. The first-order valence-corrected chi connectivity index (χ1v) is 10.7. The van der Waals surface area contributed by atoms with Gasteiger partial charge in [-0.3, -0.25) is 4.99 Å². The minimum Gasteiger partial charge on any atom is -0.355 e. The molecule has 1 saturated heterocycles. The smallest absolute Gasteiger partial charge is 0.211 e. The molecule has 1 aliphatic heterocycles. The van der Waals surface area contributed by atoms with Gasteiger partial charge in [0.2, 0.25) is 10.0 Å². The van der Waals surface area contributed by atoms with E-state index < -0.39 is 10.0 Å². The molecule has 0 radical (unpaired) electrons. The number of nitrogens with zero attached hydrogens (tertiary/aromatic N) is 4. The Balaban J connectivity index is 0.00000312. The lowest BCUT2D eigenvalue weighted by Crippen LogP contribution is -2.46. The summed E-state index contributed by atoms with van der Waals surface area (Å²) >= 11 is 1.59. The van der Waals surface area contributed by atoms with Crippen LogP contribution >= 0.6 is 35.3 Å². The summed E-state index contributed by atoms with van der Waals surface area (Å²) < 4.78 is 25.1. The number of aromatic nitrogens is 2. The SMILES string of the molecule is CN=C(NCc1nnc(C(C)C)s1)NC[C@H]1CCCN1S(C)(=O)=O.I. The monoisotopic (exact) mass is 502 g/mol. The summed E-state index contributed by atoms with van der Waals surface area (Å²) in [5.74, 6) is 1.01. The van der Waals surface area contributed by atoms with E-state index in [2.05, 4.69) is 39.7 Å². The van der Waals surface area contributed by atoms with Gasteiger partial charge >= 0.3 is 0 Å². The number of halogens is 1. The molecule has 0 aliphatic carbocycles. The average molecular weight is 502 g/mol. The lowest BCUT2D eigenvalue weighted by atomic mass is 10.2. The quantitative estimate of drug-likeness (QED) is 0.347. The summed E-state index contributed by atoms with van der Waals surface area (Å²) in [6.45, 7) is 5.87. The molecule has 1 atom stereocenters. The summed E-state index contributed by atoms with van der Waals surface area (Å²) in [5, 5.41) is 16.6. The van der Waals surface area contributed by atoms with Gasteiger partial charge in [-0.25, -0.2) is 8.42 Å². The van der Waals surface area contributed by atoms with Crippen LogP contribution in [0.2, 0.25) is 0 Å². The number of hydrogen-bond acceptors (Lipinski definition) is 6. The number of rotatable bonds is 6. The Morgan fingerprint density at radius 2 is 2.12 bits per heavy atom. The molecule has 0 aromatic carbocycles. The molecule has 8 nitrogen and oxygen atoms in total. The highest BCUT2D eigenvalue weighted by Crippen LogP contribution is 2.20. The fraction of sp³-hybridized carbons (Fsp3) is 0.786. The van der Waals surface area contributed by atoms with E-state index in [1.54, 1.807) is 22.7 Å². The molecule has 11 heteroatoms. The van der Waals surface area contributed by atoms with Gasteiger partial charge in [0.1, 0.15) is 10.0 Å². The van der Waals surface area contributed by atoms with Gasteiger partial charge < -0.3 is 10.6 Å². The van der Waals surface area contributed by atoms with Crippen molar-refractivity contribution < 1.29 is 8.42 Å². The zero-order valence-electron chi connectivity index (χ0n) is 15.0. The molecule has 1 aromatic heterocycles. The van der Waals surface area contributed by atoms with Crippen LogP contribution < -0.4 is 10.6 Å². The molecule has 0 amide bonds. The summed E-state index contributed by atoms with van der Waals surface area (Å²) in [6, 6.07) is -0.0207. The van der Waals surface area contributed by atoms with Crippen LogP contribution in [-0.4, -0.2) is 61.3 Å². The summed E-state index contributed by atoms with van der Waals surface area (Å²) in [4.78, 5) is 4.18. The minimum absolute atomic E-state index is 0. The lowest BCUT2D eigenvalue weighted by Gasteiger charge is -2.23. The van der Waals surface area contributed by atoms with E-state index >= 15 is 0 Å². The van der Waals surface area contributed by atoms with Crippen LogP contribution in [0.3, 0.4) is 0 Å². The van der Waals surface area contributed by atoms with E-state index in [0.29, 0.717) is 31.5 Å². The van der Waals surface area contributed by atoms with Crippen LogP contribution in [0.15, 0.2) is 4.99 Å². The summed E-state index contributed by atoms with van der Waals surface area (Å²) in [5.41, 5.74) is 0. The van der Waals surface area contributed by atoms with Gasteiger partial charge in [-0.05, 0) is 12.8 Å². The number of hydrogen-bond donors (Lipinski definition) is 2. The maximum atomic E-state index is 11.8. The molecule has 2 N–H and O–H groups in total. The number of sulfonamides is 1. The standard InChI is InChI=1S/C14H26N6O2S2.HI/c1-10(2)13-19-18-12(23-13)9-17-14(15-3)16-8-11-6-5-7-20(11)24(4,21)22;/h10-11H,5-9H2,1-4H3,(H2,15,16,17);1H/t11-;/m1./s1. The van der Waals surface area contributed by atoms with Crippen LogP contribution in [0.4, 0.5) is 0 Å². The van der Waals surface area contributed by atoms with E-state index in [1.807, 2.05) is 0 Å². The van der Waals surface area contributed by atoms with Gasteiger partial charge in [-0.1, -0.05) is 25.2 Å². The summed E-state index contributed by atoms with van der Waals surface area (Å²) in [6.07, 6.45) is 3.03. The third-order valence-electron chi connectivity index (χ3n) is 3.86. The molecule has 1 aromatic rings. The second-order valence-electron chi connectivity index (χ2n) is 6.17. The van der Waals surface area contributed by atoms with Gasteiger partial charge in [-0.15, -0.1) is 34.2 Å². The first-order valence-electron chi connectivity index (χ1n) is 8.05.